The molecule has 0 amide bonds. The number of esters is 1. The first-order valence-electron chi connectivity index (χ1n) is 6.71. The Morgan fingerprint density at radius 3 is 2.53 bits per heavy atom. The summed E-state index contributed by atoms with van der Waals surface area (Å²) in [5.41, 5.74) is 0.360. The summed E-state index contributed by atoms with van der Waals surface area (Å²) in [6.45, 7) is 8.13. The molecule has 19 heavy (non-hydrogen) atoms. The largest absolute Gasteiger partial charge is 0.462 e. The molecule has 0 aromatic rings. The summed E-state index contributed by atoms with van der Waals surface area (Å²) in [5.74, 6) is 0.746. The molecule has 0 unspecified atom stereocenters. The smallest absolute Gasteiger partial charge is 0.335 e. The lowest BCUT2D eigenvalue weighted by molar-refractivity contribution is -0.139. The molecule has 112 valence electrons. The van der Waals surface area contributed by atoms with E-state index in [-0.39, 0.29) is 12.6 Å². The predicted octanol–water partition coefficient (Wildman–Crippen LogP) is 2.67. The molecule has 5 heteroatoms. The van der Waals surface area contributed by atoms with Crippen LogP contribution in [0.2, 0.25) is 0 Å². The van der Waals surface area contributed by atoms with Gasteiger partial charge in [0.1, 0.15) is 0 Å². The number of carbonyl (C=O) groups excluding carboxylic acids is 1. The van der Waals surface area contributed by atoms with Gasteiger partial charge in [0.05, 0.1) is 32.0 Å². The normalized spacial score (nSPS) is 10.4. The molecule has 0 rings (SSSR count). The lowest BCUT2D eigenvalue weighted by Gasteiger charge is -2.08. The van der Waals surface area contributed by atoms with E-state index in [0.29, 0.717) is 25.4 Å². The molecule has 0 saturated heterocycles. The molecule has 0 N–H and O–H groups in total. The van der Waals surface area contributed by atoms with Crippen LogP contribution in [-0.4, -0.2) is 51.0 Å². The van der Waals surface area contributed by atoms with Crippen LogP contribution in [0.5, 0.6) is 0 Å². The number of hydrogen-bond donors (Lipinski definition) is 0. The number of carbonyl (C=O) groups is 1. The van der Waals surface area contributed by atoms with E-state index in [4.69, 9.17) is 14.2 Å². The second-order valence-corrected chi connectivity index (χ2v) is 5.09. The molecule has 0 aliphatic rings. The fraction of sp³-hybridized carbons (Fsp3) is 0.786. The highest BCUT2D eigenvalue weighted by Crippen LogP contribution is 1.99. The van der Waals surface area contributed by atoms with Crippen LogP contribution in [-0.2, 0) is 19.0 Å². The highest BCUT2D eigenvalue weighted by Gasteiger charge is 2.07. The minimum Gasteiger partial charge on any atom is -0.462 e. The summed E-state index contributed by atoms with van der Waals surface area (Å²) in [6.07, 6.45) is 5.01. The zero-order valence-electron chi connectivity index (χ0n) is 12.1. The molecular formula is C14H26O4S. The molecule has 0 atom stereocenters. The van der Waals surface area contributed by atoms with E-state index >= 15 is 0 Å². The van der Waals surface area contributed by atoms with Crippen LogP contribution in [0.1, 0.15) is 26.2 Å². The van der Waals surface area contributed by atoms with E-state index < -0.39 is 0 Å². The van der Waals surface area contributed by atoms with E-state index in [1.54, 1.807) is 0 Å². The molecule has 0 fully saturated rings. The maximum Gasteiger partial charge on any atom is 0.335 e. The van der Waals surface area contributed by atoms with Crippen LogP contribution in [0.4, 0.5) is 0 Å². The van der Waals surface area contributed by atoms with Gasteiger partial charge in [0.25, 0.3) is 0 Å². The Morgan fingerprint density at radius 2 is 1.84 bits per heavy atom. The molecule has 0 spiro atoms. The molecule has 0 heterocycles. The summed E-state index contributed by atoms with van der Waals surface area (Å²) in [7, 11) is 0. The summed E-state index contributed by atoms with van der Waals surface area (Å²) in [4.78, 5) is 11.4. The molecule has 0 aliphatic carbocycles. The van der Waals surface area contributed by atoms with E-state index in [2.05, 4.69) is 12.8 Å². The highest BCUT2D eigenvalue weighted by molar-refractivity contribution is 7.98. The van der Waals surface area contributed by atoms with Gasteiger partial charge in [-0.25, -0.2) is 4.79 Å². The maximum absolute atomic E-state index is 11.4. The van der Waals surface area contributed by atoms with Crippen LogP contribution in [0, 0.1) is 0 Å². The van der Waals surface area contributed by atoms with Crippen molar-refractivity contribution in [1.29, 1.82) is 0 Å². The Hall–Kier alpha value is -0.520. The van der Waals surface area contributed by atoms with Gasteiger partial charge in [-0.15, -0.1) is 0 Å². The molecule has 0 aromatic carbocycles. The average molecular weight is 290 g/mol. The molecule has 0 radical (unpaired) electrons. The van der Waals surface area contributed by atoms with Gasteiger partial charge in [0, 0.05) is 6.61 Å². The van der Waals surface area contributed by atoms with Gasteiger partial charge < -0.3 is 14.2 Å². The fourth-order valence-corrected chi connectivity index (χ4v) is 1.60. The molecule has 0 aromatic heterocycles. The molecule has 4 nitrogen and oxygen atoms in total. The molecule has 0 aliphatic heterocycles. The first-order valence-corrected chi connectivity index (χ1v) is 8.11. The van der Waals surface area contributed by atoms with Crippen LogP contribution >= 0.6 is 11.8 Å². The summed E-state index contributed by atoms with van der Waals surface area (Å²) < 4.78 is 15.7. The van der Waals surface area contributed by atoms with Gasteiger partial charge in [-0.05, 0) is 24.9 Å². The quantitative estimate of drug-likeness (QED) is 0.296. The zero-order chi connectivity index (χ0) is 14.3. The average Bonchev–Trinajstić information content (AvgIpc) is 2.41. The predicted molar refractivity (Wildman–Crippen MR) is 79.6 cm³/mol. The Morgan fingerprint density at radius 1 is 1.11 bits per heavy atom. The first-order chi connectivity index (χ1) is 9.22. The minimum absolute atomic E-state index is 0.207. The van der Waals surface area contributed by atoms with Crippen molar-refractivity contribution in [2.24, 2.45) is 0 Å². The van der Waals surface area contributed by atoms with Crippen molar-refractivity contribution in [3.63, 3.8) is 0 Å². The Bertz CT molecular complexity index is 244. The molecule has 0 saturated carbocycles. The van der Waals surface area contributed by atoms with Gasteiger partial charge >= 0.3 is 5.97 Å². The fourth-order valence-electron chi connectivity index (χ4n) is 1.19. The van der Waals surface area contributed by atoms with Crippen LogP contribution < -0.4 is 0 Å². The van der Waals surface area contributed by atoms with E-state index in [9.17, 15) is 4.79 Å². The summed E-state index contributed by atoms with van der Waals surface area (Å²) in [6, 6.07) is 0. The number of thioether (sulfide) groups is 1. The lowest BCUT2D eigenvalue weighted by atomic mass is 10.3. The highest BCUT2D eigenvalue weighted by atomic mass is 32.2. The third-order valence-corrected chi connectivity index (χ3v) is 3.00. The summed E-state index contributed by atoms with van der Waals surface area (Å²) >= 11 is 1.81. The summed E-state index contributed by atoms with van der Waals surface area (Å²) in [5, 5.41) is 0. The van der Waals surface area contributed by atoms with Crippen molar-refractivity contribution in [2.45, 2.75) is 26.2 Å². The van der Waals surface area contributed by atoms with E-state index in [0.717, 1.165) is 31.6 Å². The van der Waals surface area contributed by atoms with Crippen molar-refractivity contribution in [1.82, 2.24) is 0 Å². The van der Waals surface area contributed by atoms with Crippen molar-refractivity contribution in [3.05, 3.63) is 12.2 Å². The monoisotopic (exact) mass is 290 g/mol. The van der Waals surface area contributed by atoms with Gasteiger partial charge in [-0.2, -0.15) is 11.8 Å². The van der Waals surface area contributed by atoms with Gasteiger partial charge in [0.2, 0.25) is 0 Å². The first kappa shape index (κ1) is 18.5. The van der Waals surface area contributed by atoms with Gasteiger partial charge in [-0.1, -0.05) is 19.9 Å². The van der Waals surface area contributed by atoms with Crippen molar-refractivity contribution in [3.8, 4) is 0 Å². The van der Waals surface area contributed by atoms with Crippen molar-refractivity contribution >= 4 is 17.7 Å². The maximum atomic E-state index is 11.4. The number of rotatable bonds is 13. The lowest BCUT2D eigenvalue weighted by Crippen LogP contribution is -2.14. The Balaban J connectivity index is 3.35. The third-order valence-electron chi connectivity index (χ3n) is 2.31. The Labute approximate surface area is 120 Å². The van der Waals surface area contributed by atoms with Crippen molar-refractivity contribution in [2.75, 3.05) is 45.0 Å². The van der Waals surface area contributed by atoms with Crippen molar-refractivity contribution < 1.29 is 19.0 Å². The number of unbranched alkanes of at least 4 members (excludes halogenated alkanes) is 1. The second-order valence-electron chi connectivity index (χ2n) is 4.10. The topological polar surface area (TPSA) is 44.8 Å². The SMILES string of the molecule is C=C(COCCOCCCSC)C(=O)OCCCC. The van der Waals surface area contributed by atoms with E-state index in [1.165, 1.54) is 0 Å². The third kappa shape index (κ3) is 12.3. The van der Waals surface area contributed by atoms with E-state index in [1.807, 2.05) is 18.7 Å². The van der Waals surface area contributed by atoms with Crippen LogP contribution in [0.3, 0.4) is 0 Å². The minimum atomic E-state index is -0.366. The molecular weight excluding hydrogens is 264 g/mol. The second kappa shape index (κ2) is 13.9. The molecule has 0 bridgehead atoms. The van der Waals surface area contributed by atoms with Gasteiger partial charge in [0.15, 0.2) is 0 Å². The van der Waals surface area contributed by atoms with Gasteiger partial charge in [-0.3, -0.25) is 0 Å². The zero-order valence-corrected chi connectivity index (χ0v) is 12.9. The van der Waals surface area contributed by atoms with Crippen LogP contribution in [0.25, 0.3) is 0 Å². The standard InChI is InChI=1S/C14H26O4S/c1-4-5-8-18-14(15)13(2)12-17-10-9-16-7-6-11-19-3/h2,4-12H2,1,3H3. The Kier molecular flexibility index (Phi) is 13.5. The number of ether oxygens (including phenoxy) is 3. The number of hydrogen-bond acceptors (Lipinski definition) is 5. The van der Waals surface area contributed by atoms with Crippen LogP contribution in [0.15, 0.2) is 12.2 Å².